The van der Waals surface area contributed by atoms with Crippen molar-refractivity contribution in [1.82, 2.24) is 0 Å². The predicted molar refractivity (Wildman–Crippen MR) is 36.3 cm³/mol. The van der Waals surface area contributed by atoms with Crippen LogP contribution in [0.25, 0.3) is 0 Å². The molecule has 0 amide bonds. The molecule has 1 atom stereocenters. The molecule has 1 heterocycles. The minimum absolute atomic E-state index is 0.569. The Bertz CT molecular complexity index is 114. The maximum atomic E-state index is 4.24. The number of allylic oxidation sites excluding steroid dienone is 1. The van der Waals surface area contributed by atoms with Gasteiger partial charge >= 0.3 is 0 Å². The first-order valence-electron chi connectivity index (χ1n) is 3.11. The van der Waals surface area contributed by atoms with Crippen molar-refractivity contribution >= 4 is 6.21 Å². The topological polar surface area (TPSA) is 12.4 Å². The first-order valence-corrected chi connectivity index (χ1v) is 3.11. The summed E-state index contributed by atoms with van der Waals surface area (Å²) in [7, 11) is 0. The summed E-state index contributed by atoms with van der Waals surface area (Å²) in [4.78, 5) is 4.24. The summed E-state index contributed by atoms with van der Waals surface area (Å²) in [6.07, 6.45) is 8.36. The Balaban J connectivity index is 2.40. The summed E-state index contributed by atoms with van der Waals surface area (Å²) < 4.78 is 0. The first kappa shape index (κ1) is 5.54. The van der Waals surface area contributed by atoms with Crippen LogP contribution >= 0.6 is 0 Å². The number of hydrogen-bond donors (Lipinski definition) is 0. The number of rotatable bonds is 1. The van der Waals surface area contributed by atoms with Gasteiger partial charge in [0.05, 0.1) is 6.04 Å². The molecule has 0 saturated carbocycles. The molecule has 0 spiro atoms. The Morgan fingerprint density at radius 1 is 1.75 bits per heavy atom. The minimum atomic E-state index is 0.569. The van der Waals surface area contributed by atoms with Crippen molar-refractivity contribution in [3.63, 3.8) is 0 Å². The minimum Gasteiger partial charge on any atom is -0.290 e. The zero-order valence-corrected chi connectivity index (χ0v) is 5.17. The average Bonchev–Trinajstić information content (AvgIpc) is 1.90. The zero-order chi connectivity index (χ0) is 5.82. The maximum Gasteiger partial charge on any atom is 0.0531 e. The van der Waals surface area contributed by atoms with Gasteiger partial charge in [-0.25, -0.2) is 0 Å². The molecule has 0 saturated heterocycles. The van der Waals surface area contributed by atoms with E-state index in [9.17, 15) is 0 Å². The van der Waals surface area contributed by atoms with Crippen LogP contribution < -0.4 is 0 Å². The molecule has 0 fully saturated rings. The molecule has 8 heavy (non-hydrogen) atoms. The third-order valence-electron chi connectivity index (χ3n) is 1.40. The summed E-state index contributed by atoms with van der Waals surface area (Å²) in [5, 5.41) is 0. The molecule has 44 valence electrons. The molecule has 0 aliphatic carbocycles. The third-order valence-corrected chi connectivity index (χ3v) is 1.40. The lowest BCUT2D eigenvalue weighted by atomic mass is 10.1. The van der Waals surface area contributed by atoms with Crippen molar-refractivity contribution in [2.45, 2.75) is 25.8 Å². The molecule has 0 N–H and O–H groups in total. The third kappa shape index (κ3) is 1.19. The molecule has 1 aliphatic rings. The summed E-state index contributed by atoms with van der Waals surface area (Å²) in [5.41, 5.74) is 0. The summed E-state index contributed by atoms with van der Waals surface area (Å²) in [6, 6.07) is 0.569. The van der Waals surface area contributed by atoms with Gasteiger partial charge in [-0.1, -0.05) is 13.0 Å². The van der Waals surface area contributed by atoms with E-state index in [-0.39, 0.29) is 0 Å². The van der Waals surface area contributed by atoms with Crippen LogP contribution in [-0.2, 0) is 0 Å². The van der Waals surface area contributed by atoms with Gasteiger partial charge in [-0.05, 0) is 18.9 Å². The molecule has 1 rings (SSSR count). The van der Waals surface area contributed by atoms with Crippen LogP contribution in [0.3, 0.4) is 0 Å². The molecule has 1 heteroatoms. The van der Waals surface area contributed by atoms with E-state index >= 15 is 0 Å². The van der Waals surface area contributed by atoms with Crippen LogP contribution in [-0.4, -0.2) is 12.3 Å². The lowest BCUT2D eigenvalue weighted by Gasteiger charge is -2.07. The first-order chi connectivity index (χ1) is 3.93. The SMILES string of the molecule is CCC1CC=CC=N1. The highest BCUT2D eigenvalue weighted by atomic mass is 14.8. The molecular weight excluding hydrogens is 98.1 g/mol. The highest BCUT2D eigenvalue weighted by molar-refractivity contribution is 5.72. The monoisotopic (exact) mass is 109 g/mol. The Morgan fingerprint density at radius 3 is 3.00 bits per heavy atom. The standard InChI is InChI=1S/C7H11N/c1-2-7-5-3-4-6-8-7/h3-4,6-7H,2,5H2,1H3. The van der Waals surface area contributed by atoms with Crippen molar-refractivity contribution in [2.75, 3.05) is 0 Å². The number of dihydropyridines is 1. The maximum absolute atomic E-state index is 4.24. The Labute approximate surface area is 50.1 Å². The van der Waals surface area contributed by atoms with Crippen LogP contribution in [0.1, 0.15) is 19.8 Å². The van der Waals surface area contributed by atoms with E-state index in [4.69, 9.17) is 0 Å². The van der Waals surface area contributed by atoms with Gasteiger partial charge < -0.3 is 0 Å². The molecule has 0 aromatic rings. The van der Waals surface area contributed by atoms with E-state index in [2.05, 4.69) is 18.0 Å². The van der Waals surface area contributed by atoms with Gasteiger partial charge in [0.15, 0.2) is 0 Å². The predicted octanol–water partition coefficient (Wildman–Crippen LogP) is 1.80. The van der Waals surface area contributed by atoms with Gasteiger partial charge in [0.25, 0.3) is 0 Å². The molecule has 1 nitrogen and oxygen atoms in total. The van der Waals surface area contributed by atoms with E-state index in [1.165, 1.54) is 6.42 Å². The van der Waals surface area contributed by atoms with Gasteiger partial charge in [-0.3, -0.25) is 4.99 Å². The van der Waals surface area contributed by atoms with E-state index in [0.29, 0.717) is 6.04 Å². The van der Waals surface area contributed by atoms with Crippen LogP contribution in [0.5, 0.6) is 0 Å². The van der Waals surface area contributed by atoms with Crippen LogP contribution in [0.2, 0.25) is 0 Å². The second kappa shape index (κ2) is 2.65. The lowest BCUT2D eigenvalue weighted by molar-refractivity contribution is 0.660. The number of aliphatic imine (C=N–C) groups is 1. The van der Waals surface area contributed by atoms with E-state index in [0.717, 1.165) is 6.42 Å². The quantitative estimate of drug-likeness (QED) is 0.487. The summed E-state index contributed by atoms with van der Waals surface area (Å²) in [5.74, 6) is 0. The lowest BCUT2D eigenvalue weighted by Crippen LogP contribution is -2.02. The van der Waals surface area contributed by atoms with Gasteiger partial charge in [-0.2, -0.15) is 0 Å². The summed E-state index contributed by atoms with van der Waals surface area (Å²) in [6.45, 7) is 2.17. The van der Waals surface area contributed by atoms with E-state index in [1.807, 2.05) is 12.3 Å². The van der Waals surface area contributed by atoms with Crippen molar-refractivity contribution in [2.24, 2.45) is 4.99 Å². The Hall–Kier alpha value is -0.590. The molecule has 0 bridgehead atoms. The van der Waals surface area contributed by atoms with Crippen molar-refractivity contribution in [3.8, 4) is 0 Å². The number of nitrogens with zero attached hydrogens (tertiary/aromatic N) is 1. The highest BCUT2D eigenvalue weighted by Gasteiger charge is 2.00. The fraction of sp³-hybridized carbons (Fsp3) is 0.571. The molecular formula is C7H11N. The molecule has 0 aromatic carbocycles. The van der Waals surface area contributed by atoms with Crippen molar-refractivity contribution < 1.29 is 0 Å². The van der Waals surface area contributed by atoms with Gasteiger partial charge in [-0.15, -0.1) is 0 Å². The van der Waals surface area contributed by atoms with Crippen molar-refractivity contribution in [3.05, 3.63) is 12.2 Å². The molecule has 1 unspecified atom stereocenters. The fourth-order valence-electron chi connectivity index (χ4n) is 0.801. The number of hydrogen-bond acceptors (Lipinski definition) is 1. The van der Waals surface area contributed by atoms with Gasteiger partial charge in [0, 0.05) is 6.21 Å². The van der Waals surface area contributed by atoms with Crippen molar-refractivity contribution in [1.29, 1.82) is 0 Å². The largest absolute Gasteiger partial charge is 0.290 e. The molecule has 0 radical (unpaired) electrons. The average molecular weight is 109 g/mol. The summed E-state index contributed by atoms with van der Waals surface area (Å²) >= 11 is 0. The smallest absolute Gasteiger partial charge is 0.0531 e. The van der Waals surface area contributed by atoms with Gasteiger partial charge in [0.1, 0.15) is 0 Å². The van der Waals surface area contributed by atoms with Gasteiger partial charge in [0.2, 0.25) is 0 Å². The Kier molecular flexibility index (Phi) is 1.84. The normalized spacial score (nSPS) is 26.4. The highest BCUT2D eigenvalue weighted by Crippen LogP contribution is 2.05. The fourth-order valence-corrected chi connectivity index (χ4v) is 0.801. The van der Waals surface area contributed by atoms with E-state index < -0.39 is 0 Å². The van der Waals surface area contributed by atoms with Crippen LogP contribution in [0, 0.1) is 0 Å². The van der Waals surface area contributed by atoms with Crippen LogP contribution in [0.4, 0.5) is 0 Å². The molecule has 1 aliphatic heterocycles. The zero-order valence-electron chi connectivity index (χ0n) is 5.17. The second-order valence-corrected chi connectivity index (χ2v) is 2.02. The van der Waals surface area contributed by atoms with Crippen LogP contribution in [0.15, 0.2) is 17.1 Å². The van der Waals surface area contributed by atoms with E-state index in [1.54, 1.807) is 0 Å². The Morgan fingerprint density at radius 2 is 2.62 bits per heavy atom. The molecule has 0 aromatic heterocycles. The second-order valence-electron chi connectivity index (χ2n) is 2.02.